The highest BCUT2D eigenvalue weighted by Crippen LogP contribution is 2.41. The van der Waals surface area contributed by atoms with Crippen LogP contribution in [-0.2, 0) is 9.53 Å². The van der Waals surface area contributed by atoms with Crippen molar-refractivity contribution in [2.24, 2.45) is 0 Å². The van der Waals surface area contributed by atoms with Gasteiger partial charge in [-0.1, -0.05) is 18.2 Å². The fourth-order valence-corrected chi connectivity index (χ4v) is 5.05. The van der Waals surface area contributed by atoms with Crippen LogP contribution in [0.5, 0.6) is 0 Å². The van der Waals surface area contributed by atoms with Gasteiger partial charge in [0.25, 0.3) is 0 Å². The number of nitrogens with one attached hydrogen (secondary N) is 1. The first kappa shape index (κ1) is 23.0. The van der Waals surface area contributed by atoms with Crippen LogP contribution in [0.15, 0.2) is 48.7 Å². The highest BCUT2D eigenvalue weighted by atomic mass is 32.1. The summed E-state index contributed by atoms with van der Waals surface area (Å²) < 4.78 is 7.19. The van der Waals surface area contributed by atoms with Gasteiger partial charge in [-0.05, 0) is 80.9 Å². The zero-order valence-electron chi connectivity index (χ0n) is 19.8. The average molecular weight is 463 g/mol. The van der Waals surface area contributed by atoms with Crippen LogP contribution in [0.1, 0.15) is 52.3 Å². The zero-order valence-corrected chi connectivity index (χ0v) is 20.6. The Morgan fingerprint density at radius 3 is 2.64 bits per heavy atom. The molecule has 4 rings (SSSR count). The minimum Gasteiger partial charge on any atom is -0.469 e. The van der Waals surface area contributed by atoms with Gasteiger partial charge in [-0.15, -0.1) is 0 Å². The average Bonchev–Trinajstić information content (AvgIpc) is 3.29. The van der Waals surface area contributed by atoms with Gasteiger partial charge in [0.1, 0.15) is 0 Å². The third kappa shape index (κ3) is 4.37. The lowest BCUT2D eigenvalue weighted by Crippen LogP contribution is -2.32. The number of nitrogens with zero attached hydrogens (tertiary/aromatic N) is 3. The van der Waals surface area contributed by atoms with E-state index in [0.29, 0.717) is 11.7 Å². The molecule has 33 heavy (non-hydrogen) atoms. The summed E-state index contributed by atoms with van der Waals surface area (Å²) in [6.07, 6.45) is 2.06. The molecular weight excluding hydrogens is 432 g/mol. The summed E-state index contributed by atoms with van der Waals surface area (Å²) in [6, 6.07) is 14.5. The molecular formula is C26H30N4O2S. The molecule has 1 aliphatic rings. The molecule has 0 aliphatic carbocycles. The number of carbonyl (C=O) groups is 1. The molecule has 0 saturated carbocycles. The van der Waals surface area contributed by atoms with Gasteiger partial charge in [-0.2, -0.15) is 0 Å². The van der Waals surface area contributed by atoms with Crippen molar-refractivity contribution in [2.75, 3.05) is 13.7 Å². The van der Waals surface area contributed by atoms with Crippen molar-refractivity contribution < 1.29 is 9.53 Å². The number of aryl methyl sites for hydroxylation is 3. The quantitative estimate of drug-likeness (QED) is 0.425. The molecule has 7 heteroatoms. The van der Waals surface area contributed by atoms with Crippen molar-refractivity contribution in [1.82, 2.24) is 19.8 Å². The molecule has 1 saturated heterocycles. The molecule has 1 N–H and O–H groups in total. The van der Waals surface area contributed by atoms with Crippen LogP contribution in [0, 0.1) is 27.7 Å². The Balaban J connectivity index is 1.82. The van der Waals surface area contributed by atoms with E-state index in [4.69, 9.17) is 17.0 Å². The highest BCUT2D eigenvalue weighted by Gasteiger charge is 2.41. The van der Waals surface area contributed by atoms with Crippen LogP contribution in [0.25, 0.3) is 5.69 Å². The van der Waals surface area contributed by atoms with Gasteiger partial charge in [0.15, 0.2) is 5.11 Å². The number of pyridine rings is 1. The number of ether oxygens (including phenoxy) is 1. The van der Waals surface area contributed by atoms with Gasteiger partial charge in [-0.25, -0.2) is 0 Å². The molecule has 172 valence electrons. The van der Waals surface area contributed by atoms with Crippen LogP contribution in [0.4, 0.5) is 0 Å². The standard InChI is InChI=1S/C26H30N4O2S/c1-16-9-10-17(2)22(14-16)30-18(3)15-20(19(30)4)25-24(21-8-6-7-12-27-21)28-26(33)29(25)13-11-23(31)32-5/h6-10,12,14-15,24-25H,11,13H2,1-5H3,(H,28,33)/t24-,25+/m1/s1. The number of methoxy groups -OCH3 is 1. The highest BCUT2D eigenvalue weighted by molar-refractivity contribution is 7.80. The zero-order chi connectivity index (χ0) is 23.7. The van der Waals surface area contributed by atoms with E-state index in [1.807, 2.05) is 18.2 Å². The molecule has 1 fully saturated rings. The molecule has 2 atom stereocenters. The Morgan fingerprint density at radius 2 is 1.94 bits per heavy atom. The van der Waals surface area contributed by atoms with Crippen molar-refractivity contribution in [1.29, 1.82) is 0 Å². The van der Waals surface area contributed by atoms with E-state index in [9.17, 15) is 4.79 Å². The summed E-state index contributed by atoms with van der Waals surface area (Å²) in [4.78, 5) is 18.6. The molecule has 3 aromatic rings. The maximum atomic E-state index is 11.9. The van der Waals surface area contributed by atoms with Gasteiger partial charge < -0.3 is 19.5 Å². The minimum absolute atomic E-state index is 0.0953. The largest absolute Gasteiger partial charge is 0.469 e. The monoisotopic (exact) mass is 462 g/mol. The Kier molecular flexibility index (Phi) is 6.51. The molecule has 0 amide bonds. The van der Waals surface area contributed by atoms with Gasteiger partial charge in [0.2, 0.25) is 0 Å². The van der Waals surface area contributed by atoms with Gasteiger partial charge in [0, 0.05) is 29.8 Å². The lowest BCUT2D eigenvalue weighted by molar-refractivity contribution is -0.140. The van der Waals surface area contributed by atoms with Gasteiger partial charge in [0.05, 0.1) is 31.3 Å². The third-order valence-corrected chi connectivity index (χ3v) is 6.73. The number of esters is 1. The number of aromatic nitrogens is 2. The predicted octanol–water partition coefficient (Wildman–Crippen LogP) is 4.64. The molecule has 2 aromatic heterocycles. The first-order valence-corrected chi connectivity index (χ1v) is 11.5. The molecule has 0 radical (unpaired) electrons. The summed E-state index contributed by atoms with van der Waals surface area (Å²) in [5.41, 5.74) is 8.02. The van der Waals surface area contributed by atoms with Crippen LogP contribution >= 0.6 is 12.2 Å². The second-order valence-electron chi connectivity index (χ2n) is 8.60. The van der Waals surface area contributed by atoms with E-state index in [1.54, 1.807) is 6.20 Å². The molecule has 6 nitrogen and oxygen atoms in total. The van der Waals surface area contributed by atoms with E-state index in [-0.39, 0.29) is 24.5 Å². The van der Waals surface area contributed by atoms with Crippen molar-refractivity contribution in [3.63, 3.8) is 0 Å². The Bertz CT molecular complexity index is 1190. The smallest absolute Gasteiger partial charge is 0.307 e. The first-order valence-electron chi connectivity index (χ1n) is 11.1. The molecule has 0 bridgehead atoms. The normalized spacial score (nSPS) is 17.8. The number of benzene rings is 1. The number of rotatable bonds is 6. The summed E-state index contributed by atoms with van der Waals surface area (Å²) in [5, 5.41) is 4.08. The third-order valence-electron chi connectivity index (χ3n) is 6.38. The summed E-state index contributed by atoms with van der Waals surface area (Å²) in [5.74, 6) is -0.251. The SMILES string of the molecule is COC(=O)CCN1C(=S)N[C@H](c2ccccn2)[C@@H]1c1cc(C)n(-c2cc(C)ccc2C)c1C. The topological polar surface area (TPSA) is 59.4 Å². The number of hydrogen-bond donors (Lipinski definition) is 1. The number of carbonyl (C=O) groups excluding carboxylic acids is 1. The maximum Gasteiger partial charge on any atom is 0.307 e. The van der Waals surface area contributed by atoms with Gasteiger partial charge >= 0.3 is 5.97 Å². The van der Waals surface area contributed by atoms with Crippen LogP contribution in [0.3, 0.4) is 0 Å². The maximum absolute atomic E-state index is 11.9. The van der Waals surface area contributed by atoms with Crippen molar-refractivity contribution in [3.05, 3.63) is 82.4 Å². The molecule has 3 heterocycles. The molecule has 1 aromatic carbocycles. The summed E-state index contributed by atoms with van der Waals surface area (Å²) in [7, 11) is 1.41. The van der Waals surface area contributed by atoms with E-state index in [2.05, 4.69) is 71.7 Å². The van der Waals surface area contributed by atoms with E-state index in [0.717, 1.165) is 17.1 Å². The van der Waals surface area contributed by atoms with Crippen LogP contribution in [-0.4, -0.2) is 39.2 Å². The Labute approximate surface area is 200 Å². The molecule has 0 spiro atoms. The molecule has 1 aliphatic heterocycles. The van der Waals surface area contributed by atoms with Crippen LogP contribution in [0.2, 0.25) is 0 Å². The first-order chi connectivity index (χ1) is 15.8. The number of thiocarbonyl (C=S) groups is 1. The number of hydrogen-bond acceptors (Lipinski definition) is 4. The van der Waals surface area contributed by atoms with Gasteiger partial charge in [-0.3, -0.25) is 9.78 Å². The lowest BCUT2D eigenvalue weighted by atomic mass is 9.96. The predicted molar refractivity (Wildman–Crippen MR) is 134 cm³/mol. The molecule has 0 unspecified atom stereocenters. The second kappa shape index (κ2) is 9.35. The minimum atomic E-state index is -0.251. The summed E-state index contributed by atoms with van der Waals surface area (Å²) >= 11 is 5.73. The fraction of sp³-hybridized carbons (Fsp3) is 0.346. The Morgan fingerprint density at radius 1 is 1.15 bits per heavy atom. The van der Waals surface area contributed by atoms with E-state index >= 15 is 0 Å². The van der Waals surface area contributed by atoms with E-state index < -0.39 is 0 Å². The summed E-state index contributed by atoms with van der Waals surface area (Å²) in [6.45, 7) is 9.01. The van der Waals surface area contributed by atoms with Crippen molar-refractivity contribution in [3.8, 4) is 5.69 Å². The van der Waals surface area contributed by atoms with Crippen molar-refractivity contribution in [2.45, 2.75) is 46.2 Å². The van der Waals surface area contributed by atoms with Crippen molar-refractivity contribution >= 4 is 23.3 Å². The Hall–Kier alpha value is -3.19. The fourth-order valence-electron chi connectivity index (χ4n) is 4.72. The lowest BCUT2D eigenvalue weighted by Gasteiger charge is -2.28. The van der Waals surface area contributed by atoms with E-state index in [1.165, 1.54) is 29.5 Å². The van der Waals surface area contributed by atoms with Crippen LogP contribution < -0.4 is 5.32 Å². The second-order valence-corrected chi connectivity index (χ2v) is 8.98.